The molecule has 24 rings (SSSR count). The molecule has 10 nitrogen and oxygen atoms in total. The topological polar surface area (TPSA) is 97.1 Å². The highest BCUT2D eigenvalue weighted by molar-refractivity contribution is 6.15. The van der Waals surface area contributed by atoms with Crippen LogP contribution in [0, 0.1) is 0 Å². The molecule has 0 amide bonds. The van der Waals surface area contributed by atoms with Crippen LogP contribution in [0.15, 0.2) is 425 Å². The van der Waals surface area contributed by atoms with Gasteiger partial charge in [-0.2, -0.15) is 19.9 Å². The molecule has 0 aliphatic rings. The van der Waals surface area contributed by atoms with E-state index >= 15 is 0 Å². The van der Waals surface area contributed by atoms with Crippen LogP contribution < -0.4 is 0 Å². The van der Waals surface area contributed by atoms with Gasteiger partial charge >= 0.3 is 0 Å². The Kier molecular flexibility index (Phi) is 16.7. The fourth-order valence-corrected chi connectivity index (χ4v) is 17.8. The predicted octanol–water partition coefficient (Wildman–Crippen LogP) is 27.8. The smallest absolute Gasteiger partial charge is 0.238 e. The first-order valence-electron chi connectivity index (χ1n) is 40.6. The van der Waals surface area contributed by atoms with E-state index in [1.165, 1.54) is 98.8 Å². The lowest BCUT2D eigenvalue weighted by atomic mass is 9.98. The number of hydrogen-bond donors (Lipinski definition) is 0. The monoisotopic (exact) mass is 1530 g/mol. The van der Waals surface area contributed by atoms with E-state index in [1.54, 1.807) is 0 Å². The summed E-state index contributed by atoms with van der Waals surface area (Å²) in [5.74, 6) is 3.72. The van der Waals surface area contributed by atoms with Crippen molar-refractivity contribution in [3.05, 3.63) is 425 Å². The fraction of sp³-hybridized carbons (Fsp3) is 0. The molecule has 6 heterocycles. The van der Waals surface area contributed by atoms with Gasteiger partial charge in [-0.05, 0) is 152 Å². The zero-order valence-electron chi connectivity index (χ0n) is 64.9. The second-order valence-electron chi connectivity index (χ2n) is 30.6. The lowest BCUT2D eigenvalue weighted by Gasteiger charge is -2.12. The fourth-order valence-electron chi connectivity index (χ4n) is 17.8. The third-order valence-electron chi connectivity index (χ3n) is 23.6. The van der Waals surface area contributed by atoms with Crippen molar-refractivity contribution < 1.29 is 0 Å². The van der Waals surface area contributed by atoms with Crippen molar-refractivity contribution in [3.8, 4) is 113 Å². The Balaban J connectivity index is 0.000000140. The van der Waals surface area contributed by atoms with Crippen LogP contribution in [-0.4, -0.2) is 48.2 Å². The van der Waals surface area contributed by atoms with Crippen LogP contribution in [0.3, 0.4) is 0 Å². The highest BCUT2D eigenvalue weighted by atomic mass is 15.2. The van der Waals surface area contributed by atoms with Crippen LogP contribution in [-0.2, 0) is 0 Å². The molecule has 0 N–H and O–H groups in total. The summed E-state index contributed by atoms with van der Waals surface area (Å²) in [6.45, 7) is 0. The molecule has 560 valence electrons. The summed E-state index contributed by atoms with van der Waals surface area (Å²) in [4.78, 5) is 30.3. The van der Waals surface area contributed by atoms with Crippen LogP contribution in [0.4, 0.5) is 0 Å². The van der Waals surface area contributed by atoms with E-state index in [9.17, 15) is 0 Å². The number of benzene rings is 18. The van der Waals surface area contributed by atoms with E-state index in [2.05, 4.69) is 322 Å². The van der Waals surface area contributed by atoms with Crippen LogP contribution >= 0.6 is 0 Å². The Bertz CT molecular complexity index is 8000. The van der Waals surface area contributed by atoms with Crippen LogP contribution in [0.1, 0.15) is 0 Å². The van der Waals surface area contributed by atoms with Crippen molar-refractivity contribution >= 4 is 109 Å². The lowest BCUT2D eigenvalue weighted by Crippen LogP contribution is -2.06. The van der Waals surface area contributed by atoms with Gasteiger partial charge in [0.2, 0.25) is 11.9 Å². The van der Waals surface area contributed by atoms with Crippen LogP contribution in [0.25, 0.3) is 222 Å². The Hall–Kier alpha value is -16.3. The van der Waals surface area contributed by atoms with Crippen LogP contribution in [0.2, 0.25) is 0 Å². The van der Waals surface area contributed by atoms with Crippen molar-refractivity contribution in [1.82, 2.24) is 48.2 Å². The molecular formula is C110H70N10. The number of aromatic nitrogens is 10. The van der Waals surface area contributed by atoms with Gasteiger partial charge in [-0.25, -0.2) is 9.97 Å². The number of fused-ring (bicyclic) bond motifs is 14. The summed E-state index contributed by atoms with van der Waals surface area (Å²) in [7, 11) is 0. The van der Waals surface area contributed by atoms with E-state index in [0.29, 0.717) is 35.2 Å². The summed E-state index contributed by atoms with van der Waals surface area (Å²) in [5, 5.41) is 14.5. The van der Waals surface area contributed by atoms with Crippen molar-refractivity contribution in [2.45, 2.75) is 0 Å². The lowest BCUT2D eigenvalue weighted by molar-refractivity contribution is 0.953. The van der Waals surface area contributed by atoms with Crippen molar-refractivity contribution in [2.75, 3.05) is 0 Å². The molecule has 18 aromatic carbocycles. The molecule has 10 heteroatoms. The maximum atomic E-state index is 5.09. The molecule has 0 aliphatic heterocycles. The third-order valence-corrected chi connectivity index (χ3v) is 23.6. The van der Waals surface area contributed by atoms with E-state index in [-0.39, 0.29) is 0 Å². The molecular weight excluding hydrogens is 1460 g/mol. The van der Waals surface area contributed by atoms with E-state index < -0.39 is 0 Å². The zero-order chi connectivity index (χ0) is 79.1. The van der Waals surface area contributed by atoms with Gasteiger partial charge in [-0.15, -0.1) is 0 Å². The largest absolute Gasteiger partial charge is 0.309 e. The van der Waals surface area contributed by atoms with Gasteiger partial charge in [0.05, 0.1) is 49.8 Å². The second kappa shape index (κ2) is 28.9. The number of rotatable bonds is 12. The number of para-hydroxylation sites is 4. The maximum Gasteiger partial charge on any atom is 0.238 e. The summed E-state index contributed by atoms with van der Waals surface area (Å²) in [6.07, 6.45) is 0. The molecule has 0 spiro atoms. The second-order valence-corrected chi connectivity index (χ2v) is 30.6. The quantitative estimate of drug-likeness (QED) is 0.121. The van der Waals surface area contributed by atoms with E-state index in [1.807, 2.05) is 121 Å². The van der Waals surface area contributed by atoms with Gasteiger partial charge in [0.25, 0.3) is 0 Å². The van der Waals surface area contributed by atoms with Gasteiger partial charge < -0.3 is 9.13 Å². The van der Waals surface area contributed by atoms with Gasteiger partial charge in [0.1, 0.15) is 0 Å². The molecule has 6 aromatic heterocycles. The Morgan fingerprint density at radius 3 is 0.800 bits per heavy atom. The first-order chi connectivity index (χ1) is 59.5. The first kappa shape index (κ1) is 69.2. The molecule has 24 aromatic rings. The Labute approximate surface area is 690 Å². The van der Waals surface area contributed by atoms with Crippen molar-refractivity contribution in [2.24, 2.45) is 0 Å². The van der Waals surface area contributed by atoms with Crippen LogP contribution in [0.5, 0.6) is 0 Å². The van der Waals surface area contributed by atoms with Gasteiger partial charge in [-0.3, -0.25) is 9.13 Å². The molecule has 0 saturated heterocycles. The average Bonchev–Trinajstić information content (AvgIpc) is 1.54. The van der Waals surface area contributed by atoms with Gasteiger partial charge in [0.15, 0.2) is 23.3 Å². The average molecular weight is 1530 g/mol. The summed E-state index contributed by atoms with van der Waals surface area (Å²) in [5.41, 5.74) is 24.5. The SMILES string of the molecule is c1ccc(-c2nc(-c3ccccc3)nc(-n3c4ccccc4c4cc(-c5ccc(-c6ccc7c(c6)c6ccccc6n7-c6ccc7ccccc7c6)cc5)ccc43)n2)cc1.c1ccc(-c2nc(-c3ccccc3)nc(-n3c4ccccc4c4cc(-c5ccc(-c6ccc7c(c6)c6ccccc6n7-c6cccc7ccccc67)cc5)ccc43)n2)cc1. The summed E-state index contributed by atoms with van der Waals surface area (Å²) >= 11 is 0. The minimum Gasteiger partial charge on any atom is -0.309 e. The molecule has 0 unspecified atom stereocenters. The number of hydrogen-bond acceptors (Lipinski definition) is 6. The van der Waals surface area contributed by atoms with E-state index in [4.69, 9.17) is 29.9 Å². The molecule has 0 radical (unpaired) electrons. The predicted molar refractivity (Wildman–Crippen MR) is 496 cm³/mol. The van der Waals surface area contributed by atoms with Gasteiger partial charge in [0, 0.05) is 76.4 Å². The standard InChI is InChI=1S/2C55H35N5/c1-3-15-39(16-4-1)53-56-54(40-17-5-2-6-18-40)58-55(57-53)60-50-24-12-10-22-45(50)47-35-42(31-33-52(47)60)37-28-26-36(27-29-37)41-30-32-51-46(34-41)44-21-9-11-23-49(44)59(51)48-25-13-19-38-14-7-8-20-43(38)48;1-3-14-39(15-4-1)53-56-54(40-16-5-2-6-17-40)58-55(57-53)60-50-22-12-10-20-46(50)48-35-43(29-32-52(48)60)38-25-23-37(24-26-38)42-28-31-51-47(34-42)45-19-9-11-21-49(45)59(51)44-30-27-36-13-7-8-18-41(36)33-44/h2*1-35H. The first-order valence-corrected chi connectivity index (χ1v) is 40.6. The highest BCUT2D eigenvalue weighted by Crippen LogP contribution is 2.43. The summed E-state index contributed by atoms with van der Waals surface area (Å²) in [6, 6.07) is 151. The van der Waals surface area contributed by atoms with Gasteiger partial charge in [-0.1, -0.05) is 334 Å². The Morgan fingerprint density at radius 2 is 0.417 bits per heavy atom. The minimum absolute atomic E-state index is 0.586. The molecule has 0 saturated carbocycles. The van der Waals surface area contributed by atoms with Crippen molar-refractivity contribution in [1.29, 1.82) is 0 Å². The zero-order valence-corrected chi connectivity index (χ0v) is 64.9. The highest BCUT2D eigenvalue weighted by Gasteiger charge is 2.24. The normalized spacial score (nSPS) is 11.7. The Morgan fingerprint density at radius 1 is 0.142 bits per heavy atom. The number of nitrogens with zero attached hydrogens (tertiary/aromatic N) is 10. The third kappa shape index (κ3) is 12.0. The molecule has 120 heavy (non-hydrogen) atoms. The summed E-state index contributed by atoms with van der Waals surface area (Å²) < 4.78 is 9.15. The molecule has 0 atom stereocenters. The molecule has 0 bridgehead atoms. The minimum atomic E-state index is 0.586. The molecule has 0 aliphatic carbocycles. The maximum absolute atomic E-state index is 5.09. The van der Waals surface area contributed by atoms with Crippen molar-refractivity contribution in [3.63, 3.8) is 0 Å². The molecule has 0 fully saturated rings. The van der Waals surface area contributed by atoms with E-state index in [0.717, 1.165) is 88.1 Å².